The molecule has 150 valence electrons. The molecule has 27 heavy (non-hydrogen) atoms. The summed E-state index contributed by atoms with van der Waals surface area (Å²) in [7, 11) is 1.63. The minimum atomic E-state index is -2.62. The van der Waals surface area contributed by atoms with Crippen LogP contribution in [0.2, 0.25) is 0 Å². The average Bonchev–Trinajstić information content (AvgIpc) is 3.34. The van der Waals surface area contributed by atoms with Crippen LogP contribution < -0.4 is 10.6 Å². The van der Waals surface area contributed by atoms with Crippen molar-refractivity contribution in [3.8, 4) is 0 Å². The number of hydrogen-bond acceptors (Lipinski definition) is 3. The number of carbonyl (C=O) groups excluding carboxylic acids is 1. The summed E-state index contributed by atoms with van der Waals surface area (Å²) in [4.78, 5) is 22.7. The van der Waals surface area contributed by atoms with Gasteiger partial charge in [-0.1, -0.05) is 19.3 Å². The van der Waals surface area contributed by atoms with Gasteiger partial charge in [0.15, 0.2) is 5.96 Å². The van der Waals surface area contributed by atoms with Crippen LogP contribution in [0.5, 0.6) is 0 Å². The SMILES string of the molecule is CN=C(NCc1nccn1C(F)F)NC1CCN(C(=O)C2CCCCC2)C1. The fourth-order valence-electron chi connectivity index (χ4n) is 3.90. The molecule has 1 saturated heterocycles. The van der Waals surface area contributed by atoms with Gasteiger partial charge in [-0.3, -0.25) is 14.4 Å². The highest BCUT2D eigenvalue weighted by molar-refractivity contribution is 5.81. The van der Waals surface area contributed by atoms with Crippen molar-refractivity contribution in [1.29, 1.82) is 0 Å². The molecule has 2 heterocycles. The minimum absolute atomic E-state index is 0.110. The molecule has 1 saturated carbocycles. The van der Waals surface area contributed by atoms with Crippen LogP contribution in [0.3, 0.4) is 0 Å². The van der Waals surface area contributed by atoms with Gasteiger partial charge in [0.2, 0.25) is 5.91 Å². The number of alkyl halides is 2. The van der Waals surface area contributed by atoms with Crippen molar-refractivity contribution in [3.05, 3.63) is 18.2 Å². The number of rotatable bonds is 5. The van der Waals surface area contributed by atoms with Gasteiger partial charge in [-0.15, -0.1) is 0 Å². The molecule has 1 unspecified atom stereocenters. The van der Waals surface area contributed by atoms with E-state index < -0.39 is 6.55 Å². The molecule has 2 aliphatic rings. The van der Waals surface area contributed by atoms with Crippen LogP contribution in [-0.4, -0.2) is 52.5 Å². The van der Waals surface area contributed by atoms with Crippen molar-refractivity contribution in [3.63, 3.8) is 0 Å². The van der Waals surface area contributed by atoms with Crippen molar-refractivity contribution < 1.29 is 13.6 Å². The maximum atomic E-state index is 12.9. The van der Waals surface area contributed by atoms with E-state index >= 15 is 0 Å². The van der Waals surface area contributed by atoms with Crippen molar-refractivity contribution in [2.45, 2.75) is 57.7 Å². The fourth-order valence-corrected chi connectivity index (χ4v) is 3.90. The van der Waals surface area contributed by atoms with E-state index in [2.05, 4.69) is 20.6 Å². The second kappa shape index (κ2) is 9.14. The first kappa shape index (κ1) is 19.6. The van der Waals surface area contributed by atoms with E-state index in [9.17, 15) is 13.6 Å². The molecular weight excluding hydrogens is 354 g/mol. The lowest BCUT2D eigenvalue weighted by Crippen LogP contribution is -2.45. The third kappa shape index (κ3) is 4.95. The highest BCUT2D eigenvalue weighted by Crippen LogP contribution is 2.26. The molecule has 1 aliphatic carbocycles. The number of carbonyl (C=O) groups is 1. The zero-order valence-corrected chi connectivity index (χ0v) is 15.7. The van der Waals surface area contributed by atoms with E-state index in [0.717, 1.165) is 43.2 Å². The predicted molar refractivity (Wildman–Crippen MR) is 98.4 cm³/mol. The second-order valence-electron chi connectivity index (χ2n) is 7.20. The van der Waals surface area contributed by atoms with Crippen molar-refractivity contribution in [2.75, 3.05) is 20.1 Å². The van der Waals surface area contributed by atoms with E-state index in [1.54, 1.807) is 7.05 Å². The van der Waals surface area contributed by atoms with Gasteiger partial charge in [0.25, 0.3) is 0 Å². The summed E-state index contributed by atoms with van der Waals surface area (Å²) in [5.41, 5.74) is 0. The van der Waals surface area contributed by atoms with Crippen LogP contribution in [0.1, 0.15) is 50.9 Å². The van der Waals surface area contributed by atoms with Gasteiger partial charge in [-0.25, -0.2) is 4.98 Å². The van der Waals surface area contributed by atoms with Crippen molar-refractivity contribution >= 4 is 11.9 Å². The molecule has 9 heteroatoms. The smallest absolute Gasteiger partial charge is 0.319 e. The number of halogens is 2. The third-order valence-corrected chi connectivity index (χ3v) is 5.39. The molecule has 0 aromatic carbocycles. The van der Waals surface area contributed by atoms with Gasteiger partial charge in [0, 0.05) is 44.5 Å². The highest BCUT2D eigenvalue weighted by atomic mass is 19.3. The number of hydrogen-bond donors (Lipinski definition) is 2. The molecule has 1 atom stereocenters. The number of likely N-dealkylation sites (tertiary alicyclic amines) is 1. The summed E-state index contributed by atoms with van der Waals surface area (Å²) in [6, 6.07) is 0.110. The summed E-state index contributed by atoms with van der Waals surface area (Å²) in [6.07, 6.45) is 9.01. The maximum absolute atomic E-state index is 12.9. The van der Waals surface area contributed by atoms with Crippen LogP contribution in [-0.2, 0) is 11.3 Å². The quantitative estimate of drug-likeness (QED) is 0.604. The van der Waals surface area contributed by atoms with Crippen LogP contribution in [0, 0.1) is 5.92 Å². The van der Waals surface area contributed by atoms with Crippen molar-refractivity contribution in [2.24, 2.45) is 10.9 Å². The van der Waals surface area contributed by atoms with E-state index in [-0.39, 0.29) is 30.2 Å². The molecule has 0 radical (unpaired) electrons. The first-order valence-electron chi connectivity index (χ1n) is 9.64. The predicted octanol–water partition coefficient (Wildman–Crippen LogP) is 2.12. The van der Waals surface area contributed by atoms with Gasteiger partial charge in [-0.2, -0.15) is 8.78 Å². The van der Waals surface area contributed by atoms with E-state index in [1.807, 2.05) is 4.90 Å². The fraction of sp³-hybridized carbons (Fsp3) is 0.722. The Labute approximate surface area is 158 Å². The van der Waals surface area contributed by atoms with E-state index in [4.69, 9.17) is 0 Å². The number of nitrogens with one attached hydrogen (secondary N) is 2. The number of amides is 1. The van der Waals surface area contributed by atoms with Crippen LogP contribution in [0.25, 0.3) is 0 Å². The monoisotopic (exact) mass is 382 g/mol. The standard InChI is InChI=1S/C18H28F2N6O/c1-21-18(23-11-15-22-8-10-26(15)17(19)20)24-14-7-9-25(12-14)16(27)13-5-3-2-4-6-13/h8,10,13-14,17H,2-7,9,11-12H2,1H3,(H2,21,23,24). The molecule has 2 N–H and O–H groups in total. The molecule has 3 rings (SSSR count). The Morgan fingerprint density at radius 3 is 2.81 bits per heavy atom. The Balaban J connectivity index is 1.47. The zero-order valence-electron chi connectivity index (χ0n) is 15.7. The van der Waals surface area contributed by atoms with Crippen molar-refractivity contribution in [1.82, 2.24) is 25.1 Å². The van der Waals surface area contributed by atoms with Gasteiger partial charge in [-0.05, 0) is 19.3 Å². The summed E-state index contributed by atoms with van der Waals surface area (Å²) >= 11 is 0. The third-order valence-electron chi connectivity index (χ3n) is 5.39. The Morgan fingerprint density at radius 1 is 1.33 bits per heavy atom. The molecule has 1 aromatic rings. The summed E-state index contributed by atoms with van der Waals surface area (Å²) in [5, 5.41) is 6.31. The molecule has 7 nitrogen and oxygen atoms in total. The van der Waals surface area contributed by atoms with Crippen LogP contribution >= 0.6 is 0 Å². The summed E-state index contributed by atoms with van der Waals surface area (Å²) < 4.78 is 26.6. The zero-order chi connectivity index (χ0) is 19.2. The van der Waals surface area contributed by atoms with Crippen LogP contribution in [0.15, 0.2) is 17.4 Å². The Hall–Kier alpha value is -2.19. The van der Waals surface area contributed by atoms with Gasteiger partial charge in [0.05, 0.1) is 6.54 Å². The number of imidazole rings is 1. The van der Waals surface area contributed by atoms with Gasteiger partial charge in [0.1, 0.15) is 5.82 Å². The molecule has 0 bridgehead atoms. The van der Waals surface area contributed by atoms with E-state index in [0.29, 0.717) is 12.5 Å². The lowest BCUT2D eigenvalue weighted by atomic mass is 9.88. The molecule has 1 aromatic heterocycles. The first-order valence-corrected chi connectivity index (χ1v) is 9.64. The number of aliphatic imine (C=N–C) groups is 1. The van der Waals surface area contributed by atoms with E-state index in [1.165, 1.54) is 18.8 Å². The van der Waals surface area contributed by atoms with Gasteiger partial charge >= 0.3 is 6.55 Å². The lowest BCUT2D eigenvalue weighted by Gasteiger charge is -2.26. The first-order chi connectivity index (χ1) is 13.1. The summed E-state index contributed by atoms with van der Waals surface area (Å²) in [6.45, 7) is -1.07. The Morgan fingerprint density at radius 2 is 2.11 bits per heavy atom. The average molecular weight is 382 g/mol. The Kier molecular flexibility index (Phi) is 6.63. The molecular formula is C18H28F2N6O. The minimum Gasteiger partial charge on any atom is -0.352 e. The highest BCUT2D eigenvalue weighted by Gasteiger charge is 2.31. The number of guanidine groups is 1. The topological polar surface area (TPSA) is 74.6 Å². The molecule has 2 fully saturated rings. The molecule has 0 spiro atoms. The maximum Gasteiger partial charge on any atom is 0.319 e. The lowest BCUT2D eigenvalue weighted by molar-refractivity contribution is -0.135. The molecule has 1 amide bonds. The normalized spacial score (nSPS) is 21.7. The number of aromatic nitrogens is 2. The van der Waals surface area contributed by atoms with Gasteiger partial charge < -0.3 is 15.5 Å². The van der Waals surface area contributed by atoms with Crippen LogP contribution in [0.4, 0.5) is 8.78 Å². The molecule has 1 aliphatic heterocycles. The Bertz CT molecular complexity index is 656. The number of nitrogens with zero attached hydrogens (tertiary/aromatic N) is 4. The summed E-state index contributed by atoms with van der Waals surface area (Å²) in [5.74, 6) is 1.23. The second-order valence-corrected chi connectivity index (χ2v) is 7.20. The largest absolute Gasteiger partial charge is 0.352 e.